The fraction of sp³-hybridized carbons (Fsp3) is 0.933. The Hall–Kier alpha value is -0.630. The minimum absolute atomic E-state index is 0.311. The lowest BCUT2D eigenvalue weighted by molar-refractivity contribution is 0.0490. The molecule has 0 spiro atoms. The number of hydrogen-bond acceptors (Lipinski definition) is 4. The molecular formula is C15H27N3O. The summed E-state index contributed by atoms with van der Waals surface area (Å²) in [6.45, 7) is 5.99. The molecule has 1 aliphatic carbocycles. The predicted octanol–water partition coefficient (Wildman–Crippen LogP) is 1.91. The molecule has 2 fully saturated rings. The zero-order valence-electron chi connectivity index (χ0n) is 12.5. The van der Waals surface area contributed by atoms with Crippen molar-refractivity contribution >= 4 is 0 Å². The van der Waals surface area contributed by atoms with Crippen molar-refractivity contribution in [2.24, 2.45) is 0 Å². The Kier molecular flexibility index (Phi) is 4.83. The molecule has 1 aliphatic heterocycles. The third-order valence-corrected chi connectivity index (χ3v) is 4.89. The van der Waals surface area contributed by atoms with E-state index in [1.807, 2.05) is 0 Å². The molecule has 19 heavy (non-hydrogen) atoms. The van der Waals surface area contributed by atoms with E-state index in [2.05, 4.69) is 37.2 Å². The summed E-state index contributed by atoms with van der Waals surface area (Å²) in [5, 5.41) is 12.9. The van der Waals surface area contributed by atoms with E-state index in [4.69, 9.17) is 4.74 Å². The second-order valence-electron chi connectivity index (χ2n) is 6.07. The maximum absolute atomic E-state index is 9.53. The van der Waals surface area contributed by atoms with Crippen molar-refractivity contribution in [3.63, 3.8) is 0 Å². The van der Waals surface area contributed by atoms with Crippen LogP contribution in [0.25, 0.3) is 0 Å². The summed E-state index contributed by atoms with van der Waals surface area (Å²) in [6, 6.07) is 3.55. The molecular weight excluding hydrogens is 238 g/mol. The van der Waals surface area contributed by atoms with Gasteiger partial charge in [0, 0.05) is 18.7 Å². The number of rotatable bonds is 4. The van der Waals surface area contributed by atoms with Gasteiger partial charge in [-0.15, -0.1) is 0 Å². The van der Waals surface area contributed by atoms with Crippen LogP contribution in [0.1, 0.15) is 46.0 Å². The molecule has 2 rings (SSSR count). The number of nitrogens with one attached hydrogen (secondary N) is 1. The first-order chi connectivity index (χ1) is 9.12. The maximum atomic E-state index is 9.53. The molecule has 0 amide bonds. The van der Waals surface area contributed by atoms with E-state index in [0.29, 0.717) is 18.2 Å². The Morgan fingerprint density at radius 3 is 2.84 bits per heavy atom. The number of hydrogen-bond donors (Lipinski definition) is 1. The van der Waals surface area contributed by atoms with Gasteiger partial charge in [0.2, 0.25) is 0 Å². The number of nitriles is 1. The van der Waals surface area contributed by atoms with Gasteiger partial charge in [-0.2, -0.15) is 5.26 Å². The fourth-order valence-corrected chi connectivity index (χ4v) is 3.76. The molecule has 4 atom stereocenters. The summed E-state index contributed by atoms with van der Waals surface area (Å²) < 4.78 is 5.68. The van der Waals surface area contributed by atoms with Crippen LogP contribution in [0.2, 0.25) is 0 Å². The molecule has 1 heterocycles. The Balaban J connectivity index is 2.02. The SMILES string of the molecule is CCNC1(C#N)CCCC(N(C)C2CCOC2C)C1. The Morgan fingerprint density at radius 1 is 1.47 bits per heavy atom. The zero-order valence-corrected chi connectivity index (χ0v) is 12.5. The van der Waals surface area contributed by atoms with Gasteiger partial charge < -0.3 is 4.74 Å². The highest BCUT2D eigenvalue weighted by Gasteiger charge is 2.40. The number of nitrogens with zero attached hydrogens (tertiary/aromatic N) is 2. The predicted molar refractivity (Wildman–Crippen MR) is 75.9 cm³/mol. The van der Waals surface area contributed by atoms with E-state index < -0.39 is 0 Å². The summed E-state index contributed by atoms with van der Waals surface area (Å²) in [7, 11) is 2.21. The van der Waals surface area contributed by atoms with Crippen molar-refractivity contribution in [2.75, 3.05) is 20.2 Å². The Bertz CT molecular complexity index is 337. The minimum atomic E-state index is -0.311. The quantitative estimate of drug-likeness (QED) is 0.843. The molecule has 0 aromatic heterocycles. The molecule has 1 N–H and O–H groups in total. The van der Waals surface area contributed by atoms with E-state index in [9.17, 15) is 5.26 Å². The number of likely N-dealkylation sites (N-methyl/N-ethyl adjacent to an activating group) is 1. The van der Waals surface area contributed by atoms with Crippen molar-refractivity contribution < 1.29 is 4.74 Å². The van der Waals surface area contributed by atoms with Crippen molar-refractivity contribution in [1.29, 1.82) is 5.26 Å². The second kappa shape index (κ2) is 6.21. The summed E-state index contributed by atoms with van der Waals surface area (Å²) >= 11 is 0. The van der Waals surface area contributed by atoms with Crippen LogP contribution in [0.15, 0.2) is 0 Å². The number of ether oxygens (including phenoxy) is 1. The normalized spacial score (nSPS) is 39.4. The third-order valence-electron chi connectivity index (χ3n) is 4.89. The summed E-state index contributed by atoms with van der Waals surface area (Å²) in [5.74, 6) is 0. The molecule has 4 nitrogen and oxygen atoms in total. The van der Waals surface area contributed by atoms with Crippen LogP contribution in [-0.4, -0.2) is 48.8 Å². The lowest BCUT2D eigenvalue weighted by Gasteiger charge is -2.42. The largest absolute Gasteiger partial charge is 0.377 e. The molecule has 1 saturated carbocycles. The highest BCUT2D eigenvalue weighted by molar-refractivity contribution is 5.11. The standard InChI is InChI=1S/C15H27N3O/c1-4-17-15(11-16)8-5-6-13(10-15)18(3)14-7-9-19-12(14)2/h12-14,17H,4-10H2,1-3H3. The average Bonchev–Trinajstić information content (AvgIpc) is 2.85. The Labute approximate surface area is 117 Å². The minimum Gasteiger partial charge on any atom is -0.377 e. The summed E-state index contributed by atoms with van der Waals surface area (Å²) in [5.41, 5.74) is -0.311. The lowest BCUT2D eigenvalue weighted by Crippen LogP contribution is -2.54. The van der Waals surface area contributed by atoms with E-state index in [-0.39, 0.29) is 5.54 Å². The van der Waals surface area contributed by atoms with E-state index in [1.165, 1.54) is 6.42 Å². The van der Waals surface area contributed by atoms with Crippen molar-refractivity contribution in [3.8, 4) is 6.07 Å². The zero-order chi connectivity index (χ0) is 13.9. The van der Waals surface area contributed by atoms with Crippen molar-refractivity contribution in [1.82, 2.24) is 10.2 Å². The first-order valence-electron chi connectivity index (χ1n) is 7.61. The van der Waals surface area contributed by atoms with Gasteiger partial charge in [-0.25, -0.2) is 0 Å². The monoisotopic (exact) mass is 265 g/mol. The van der Waals surface area contributed by atoms with Gasteiger partial charge >= 0.3 is 0 Å². The van der Waals surface area contributed by atoms with Crippen LogP contribution in [0.4, 0.5) is 0 Å². The molecule has 108 valence electrons. The van der Waals surface area contributed by atoms with Crippen LogP contribution < -0.4 is 5.32 Å². The second-order valence-corrected chi connectivity index (χ2v) is 6.07. The van der Waals surface area contributed by atoms with Gasteiger partial charge in [-0.1, -0.05) is 6.92 Å². The molecule has 0 bridgehead atoms. The molecule has 0 aromatic rings. The van der Waals surface area contributed by atoms with Crippen LogP contribution >= 0.6 is 0 Å². The highest BCUT2D eigenvalue weighted by atomic mass is 16.5. The van der Waals surface area contributed by atoms with Gasteiger partial charge in [0.25, 0.3) is 0 Å². The van der Waals surface area contributed by atoms with Crippen molar-refractivity contribution in [2.45, 2.75) is 69.7 Å². The molecule has 0 radical (unpaired) electrons. The average molecular weight is 265 g/mol. The van der Waals surface area contributed by atoms with Gasteiger partial charge in [0.05, 0.1) is 12.2 Å². The molecule has 4 unspecified atom stereocenters. The molecule has 2 aliphatic rings. The Morgan fingerprint density at radius 2 is 2.26 bits per heavy atom. The molecule has 1 saturated heterocycles. The topological polar surface area (TPSA) is 48.3 Å². The molecule has 4 heteroatoms. The van der Waals surface area contributed by atoms with E-state index in [1.54, 1.807) is 0 Å². The van der Waals surface area contributed by atoms with E-state index >= 15 is 0 Å². The molecule has 0 aromatic carbocycles. The van der Waals surface area contributed by atoms with Crippen LogP contribution in [0.5, 0.6) is 0 Å². The fourth-order valence-electron chi connectivity index (χ4n) is 3.76. The highest BCUT2D eigenvalue weighted by Crippen LogP contribution is 2.33. The summed E-state index contributed by atoms with van der Waals surface area (Å²) in [4.78, 5) is 2.47. The van der Waals surface area contributed by atoms with E-state index in [0.717, 1.165) is 38.8 Å². The van der Waals surface area contributed by atoms with Gasteiger partial charge in [-0.3, -0.25) is 10.2 Å². The first-order valence-corrected chi connectivity index (χ1v) is 7.61. The first kappa shape index (κ1) is 14.8. The van der Waals surface area contributed by atoms with Crippen molar-refractivity contribution in [3.05, 3.63) is 0 Å². The van der Waals surface area contributed by atoms with Crippen LogP contribution in [-0.2, 0) is 4.74 Å². The van der Waals surface area contributed by atoms with Gasteiger partial charge in [0.1, 0.15) is 5.54 Å². The summed E-state index contributed by atoms with van der Waals surface area (Å²) in [6.07, 6.45) is 5.71. The van der Waals surface area contributed by atoms with Crippen LogP contribution in [0, 0.1) is 11.3 Å². The smallest absolute Gasteiger partial charge is 0.108 e. The van der Waals surface area contributed by atoms with Gasteiger partial charge in [0.15, 0.2) is 0 Å². The van der Waals surface area contributed by atoms with Crippen LogP contribution in [0.3, 0.4) is 0 Å². The third kappa shape index (κ3) is 3.10. The van der Waals surface area contributed by atoms with Gasteiger partial charge in [-0.05, 0) is 52.6 Å². The maximum Gasteiger partial charge on any atom is 0.108 e. The lowest BCUT2D eigenvalue weighted by atomic mass is 9.79.